The fourth-order valence-electron chi connectivity index (χ4n) is 6.44. The number of nitrogens with zero attached hydrogens (tertiary/aromatic N) is 4. The average Bonchev–Trinajstić information content (AvgIpc) is 3.82. The summed E-state index contributed by atoms with van der Waals surface area (Å²) in [5, 5.41) is 0. The van der Waals surface area contributed by atoms with Gasteiger partial charge in [-0.15, -0.1) is 0 Å². The predicted molar refractivity (Wildman–Crippen MR) is 181 cm³/mol. The molecule has 10 nitrogen and oxygen atoms in total. The maximum absolute atomic E-state index is 15.6. The Balaban J connectivity index is 1.17. The summed E-state index contributed by atoms with van der Waals surface area (Å²) < 4.78 is 42.3. The third kappa shape index (κ3) is 7.63. The summed E-state index contributed by atoms with van der Waals surface area (Å²) >= 11 is 0. The number of hydrogen-bond donors (Lipinski definition) is 2. The topological polar surface area (TPSA) is 116 Å². The molecule has 0 spiro atoms. The van der Waals surface area contributed by atoms with Crippen molar-refractivity contribution in [3.63, 3.8) is 0 Å². The molecule has 2 aliphatic rings. The molecule has 49 heavy (non-hydrogen) atoms. The van der Waals surface area contributed by atoms with Crippen LogP contribution in [0.5, 0.6) is 0 Å². The molecule has 2 fully saturated rings. The fraction of sp³-hybridized carbons (Fsp3) is 0.459. The maximum atomic E-state index is 15.6. The molecule has 2 aromatic carbocycles. The van der Waals surface area contributed by atoms with Crippen LogP contribution in [0.25, 0.3) is 33.6 Å². The van der Waals surface area contributed by atoms with Gasteiger partial charge in [-0.05, 0) is 96.9 Å². The van der Waals surface area contributed by atoms with Gasteiger partial charge in [0.25, 0.3) is 0 Å². The lowest BCUT2D eigenvalue weighted by atomic mass is 10.00. The first-order valence-corrected chi connectivity index (χ1v) is 16.9. The van der Waals surface area contributed by atoms with Crippen molar-refractivity contribution in [2.45, 2.75) is 96.9 Å². The van der Waals surface area contributed by atoms with E-state index in [1.54, 1.807) is 28.1 Å². The van der Waals surface area contributed by atoms with Crippen LogP contribution < -0.4 is 0 Å². The van der Waals surface area contributed by atoms with Crippen LogP contribution in [0.1, 0.15) is 97.4 Å². The number of imidazole rings is 2. The molecule has 2 amide bonds. The molecule has 2 aromatic heterocycles. The van der Waals surface area contributed by atoms with Crippen LogP contribution in [-0.4, -0.2) is 66.2 Å². The van der Waals surface area contributed by atoms with E-state index in [4.69, 9.17) is 9.47 Å². The van der Waals surface area contributed by atoms with Crippen LogP contribution in [0, 0.1) is 11.6 Å². The summed E-state index contributed by atoms with van der Waals surface area (Å²) in [5.41, 5.74) is 1.35. The first-order chi connectivity index (χ1) is 23.2. The Kier molecular flexibility index (Phi) is 9.25. The number of piperidine rings is 1. The molecule has 2 N–H and O–H groups in total. The van der Waals surface area contributed by atoms with Gasteiger partial charge in [0, 0.05) is 24.2 Å². The Morgan fingerprint density at radius 3 is 1.76 bits per heavy atom. The first-order valence-electron chi connectivity index (χ1n) is 16.9. The number of likely N-dealkylation sites (tertiary alicyclic amines) is 2. The van der Waals surface area contributed by atoms with Crippen molar-refractivity contribution in [1.82, 2.24) is 29.7 Å². The molecule has 6 rings (SSSR count). The van der Waals surface area contributed by atoms with Crippen molar-refractivity contribution in [1.29, 1.82) is 0 Å². The van der Waals surface area contributed by atoms with E-state index in [-0.39, 0.29) is 29.3 Å². The zero-order valence-electron chi connectivity index (χ0n) is 28.9. The minimum Gasteiger partial charge on any atom is -0.444 e. The minimum atomic E-state index is -0.638. The molecular formula is C37H44F2N6O4. The number of ether oxygens (including phenoxy) is 2. The molecule has 2 saturated heterocycles. The lowest BCUT2D eigenvalue weighted by Crippen LogP contribution is -2.42. The van der Waals surface area contributed by atoms with Crippen LogP contribution >= 0.6 is 0 Å². The molecule has 0 aliphatic carbocycles. The zero-order chi connectivity index (χ0) is 35.1. The van der Waals surface area contributed by atoms with Gasteiger partial charge >= 0.3 is 12.2 Å². The van der Waals surface area contributed by atoms with Gasteiger partial charge in [0.2, 0.25) is 0 Å². The van der Waals surface area contributed by atoms with E-state index in [0.29, 0.717) is 42.4 Å². The highest BCUT2D eigenvalue weighted by Crippen LogP contribution is 2.36. The quantitative estimate of drug-likeness (QED) is 0.218. The number of carbonyl (C=O) groups excluding carboxylic acids is 2. The van der Waals surface area contributed by atoms with Crippen LogP contribution in [0.15, 0.2) is 48.8 Å². The maximum Gasteiger partial charge on any atom is 0.410 e. The highest BCUT2D eigenvalue weighted by Gasteiger charge is 2.35. The standard InChI is InChI=1S/C37H44F2N6O4/c1-36(2,3)48-34(46)44-16-8-7-10-30(44)33-41-21-29(43-33)25-19-26(38)24(18-27(25)39)22-12-14-23(15-13-22)28-20-40-32(42-28)31-11-9-17-45(31)35(47)49-37(4,5)6/h12-15,18-21,30-31H,7-11,16-17H2,1-6H3,(H,40,42)(H,41,43)/t30-,31-/m0/s1. The number of amides is 2. The normalized spacial score (nSPS) is 18.5. The van der Waals surface area contributed by atoms with Crippen LogP contribution in [0.4, 0.5) is 18.4 Å². The van der Waals surface area contributed by atoms with E-state index in [9.17, 15) is 9.59 Å². The second-order valence-corrected chi connectivity index (χ2v) is 14.8. The van der Waals surface area contributed by atoms with Crippen molar-refractivity contribution >= 4 is 12.2 Å². The summed E-state index contributed by atoms with van der Waals surface area (Å²) in [5.74, 6) is -0.00473. The third-order valence-electron chi connectivity index (χ3n) is 8.69. The Hall–Kier alpha value is -4.74. The van der Waals surface area contributed by atoms with Gasteiger partial charge in [-0.1, -0.05) is 24.3 Å². The summed E-state index contributed by atoms with van der Waals surface area (Å²) in [4.78, 5) is 44.5. The molecule has 4 aromatic rings. The number of rotatable bonds is 5. The SMILES string of the molecule is CC(C)(C)OC(=O)N1CCC[C@H]1c1ncc(-c2ccc(-c3cc(F)c(-c4cnc([C@@H]5CCCCN5C(=O)OC(C)(C)C)[nH]4)cc3F)cc2)[nH]1. The van der Waals surface area contributed by atoms with E-state index >= 15 is 8.78 Å². The van der Waals surface area contributed by atoms with Crippen molar-refractivity contribution in [3.05, 3.63) is 72.1 Å². The van der Waals surface area contributed by atoms with E-state index in [0.717, 1.165) is 36.9 Å². The summed E-state index contributed by atoms with van der Waals surface area (Å²) in [6, 6.07) is 8.90. The number of hydrogen-bond acceptors (Lipinski definition) is 6. The number of aromatic amines is 2. The van der Waals surface area contributed by atoms with Crippen LogP contribution in [0.2, 0.25) is 0 Å². The molecule has 0 bridgehead atoms. The number of nitrogens with one attached hydrogen (secondary N) is 2. The van der Waals surface area contributed by atoms with Gasteiger partial charge in [0.1, 0.15) is 34.5 Å². The molecule has 0 unspecified atom stereocenters. The molecule has 4 heterocycles. The van der Waals surface area contributed by atoms with Gasteiger partial charge in [-0.25, -0.2) is 28.3 Å². The molecule has 2 atom stereocenters. The summed E-state index contributed by atoms with van der Waals surface area (Å²) in [7, 11) is 0. The molecule has 260 valence electrons. The third-order valence-corrected chi connectivity index (χ3v) is 8.69. The lowest BCUT2D eigenvalue weighted by molar-refractivity contribution is 0.00846. The Labute approximate surface area is 285 Å². The number of aromatic nitrogens is 4. The van der Waals surface area contributed by atoms with Gasteiger partial charge in [0.15, 0.2) is 0 Å². The number of benzene rings is 2. The first kappa shape index (κ1) is 34.1. The molecule has 0 saturated carbocycles. The highest BCUT2D eigenvalue weighted by atomic mass is 19.1. The Bertz CT molecular complexity index is 1820. The van der Waals surface area contributed by atoms with E-state index in [2.05, 4.69) is 19.9 Å². The monoisotopic (exact) mass is 674 g/mol. The number of halogens is 2. The van der Waals surface area contributed by atoms with E-state index in [1.165, 1.54) is 18.3 Å². The zero-order valence-corrected chi connectivity index (χ0v) is 28.9. The summed E-state index contributed by atoms with van der Waals surface area (Å²) in [6.07, 6.45) is 6.47. The molecular weight excluding hydrogens is 630 g/mol. The van der Waals surface area contributed by atoms with Gasteiger partial charge < -0.3 is 19.4 Å². The second kappa shape index (κ2) is 13.3. The van der Waals surface area contributed by atoms with E-state index < -0.39 is 28.9 Å². The van der Waals surface area contributed by atoms with Crippen molar-refractivity contribution in [2.75, 3.05) is 13.1 Å². The van der Waals surface area contributed by atoms with Crippen LogP contribution in [0.3, 0.4) is 0 Å². The van der Waals surface area contributed by atoms with Gasteiger partial charge in [-0.2, -0.15) is 0 Å². The van der Waals surface area contributed by atoms with Gasteiger partial charge in [-0.3, -0.25) is 9.80 Å². The predicted octanol–water partition coefficient (Wildman–Crippen LogP) is 8.95. The average molecular weight is 675 g/mol. The van der Waals surface area contributed by atoms with Crippen molar-refractivity contribution < 1.29 is 27.8 Å². The van der Waals surface area contributed by atoms with Crippen molar-refractivity contribution in [3.8, 4) is 33.6 Å². The Morgan fingerprint density at radius 2 is 1.16 bits per heavy atom. The molecule has 2 aliphatic heterocycles. The molecule has 0 radical (unpaired) electrons. The minimum absolute atomic E-state index is 0.0496. The largest absolute Gasteiger partial charge is 0.444 e. The van der Waals surface area contributed by atoms with Crippen molar-refractivity contribution in [2.24, 2.45) is 0 Å². The smallest absolute Gasteiger partial charge is 0.410 e. The Morgan fingerprint density at radius 1 is 0.694 bits per heavy atom. The van der Waals surface area contributed by atoms with E-state index in [1.807, 2.05) is 53.7 Å². The second-order valence-electron chi connectivity index (χ2n) is 14.8. The summed E-state index contributed by atoms with van der Waals surface area (Å²) in [6.45, 7) is 12.1. The fourth-order valence-corrected chi connectivity index (χ4v) is 6.44. The molecule has 12 heteroatoms. The highest BCUT2D eigenvalue weighted by molar-refractivity contribution is 5.73. The van der Waals surface area contributed by atoms with Gasteiger partial charge in [0.05, 0.1) is 35.9 Å². The number of carbonyl (C=O) groups is 2. The lowest BCUT2D eigenvalue weighted by Gasteiger charge is -2.35. The number of H-pyrrole nitrogens is 2. The van der Waals surface area contributed by atoms with Crippen LogP contribution in [-0.2, 0) is 9.47 Å².